The average Bonchev–Trinajstić information content (AvgIpc) is 3.07. The Kier molecular flexibility index (Phi) is 6.50. The maximum Gasteiger partial charge on any atom is 0.270 e. The van der Waals surface area contributed by atoms with Gasteiger partial charge in [-0.05, 0) is 74.2 Å². The molecule has 0 radical (unpaired) electrons. The van der Waals surface area contributed by atoms with Crippen molar-refractivity contribution in [3.63, 3.8) is 0 Å². The molecular formula is C28H31N3O3. The summed E-state index contributed by atoms with van der Waals surface area (Å²) < 4.78 is 11.5. The molecule has 3 heterocycles. The van der Waals surface area contributed by atoms with E-state index in [1.807, 2.05) is 54.6 Å². The summed E-state index contributed by atoms with van der Waals surface area (Å²) in [6.45, 7) is 0.427. The maximum absolute atomic E-state index is 12.6. The topological polar surface area (TPSA) is 63.7 Å². The van der Waals surface area contributed by atoms with Crippen molar-refractivity contribution in [2.75, 3.05) is 14.2 Å². The number of hydrogen-bond acceptors (Lipinski definition) is 5. The Labute approximate surface area is 200 Å². The van der Waals surface area contributed by atoms with E-state index in [2.05, 4.69) is 22.2 Å². The summed E-state index contributed by atoms with van der Waals surface area (Å²) in [7, 11) is 3.88. The van der Waals surface area contributed by atoms with Gasteiger partial charge in [-0.2, -0.15) is 0 Å². The first kappa shape index (κ1) is 22.4. The van der Waals surface area contributed by atoms with Gasteiger partial charge in [-0.1, -0.05) is 30.3 Å². The van der Waals surface area contributed by atoms with Gasteiger partial charge in [0.15, 0.2) is 0 Å². The van der Waals surface area contributed by atoms with Gasteiger partial charge in [0.05, 0.1) is 7.11 Å². The molecule has 2 fully saturated rings. The number of benzene rings is 2. The number of carbonyl (C=O) groups excluding carboxylic acids is 1. The summed E-state index contributed by atoms with van der Waals surface area (Å²) in [5.41, 5.74) is 3.38. The number of rotatable bonds is 7. The van der Waals surface area contributed by atoms with E-state index in [1.54, 1.807) is 19.4 Å². The largest absolute Gasteiger partial charge is 0.497 e. The van der Waals surface area contributed by atoms with Gasteiger partial charge >= 0.3 is 0 Å². The van der Waals surface area contributed by atoms with Crippen LogP contribution in [-0.2, 0) is 6.54 Å². The van der Waals surface area contributed by atoms with Crippen LogP contribution >= 0.6 is 0 Å². The van der Waals surface area contributed by atoms with Gasteiger partial charge in [0.25, 0.3) is 5.91 Å². The van der Waals surface area contributed by atoms with Gasteiger partial charge in [0, 0.05) is 30.4 Å². The molecule has 176 valence electrons. The molecule has 2 aromatic carbocycles. The van der Waals surface area contributed by atoms with E-state index >= 15 is 0 Å². The van der Waals surface area contributed by atoms with Crippen LogP contribution in [0.2, 0.25) is 0 Å². The second kappa shape index (κ2) is 9.85. The number of ether oxygens (including phenoxy) is 2. The number of hydrogen-bond donors (Lipinski definition) is 1. The van der Waals surface area contributed by atoms with Crippen LogP contribution in [0, 0.1) is 0 Å². The number of pyridine rings is 1. The molecule has 0 spiro atoms. The van der Waals surface area contributed by atoms with Gasteiger partial charge < -0.3 is 19.7 Å². The Hall–Kier alpha value is -3.38. The fourth-order valence-corrected chi connectivity index (χ4v) is 5.13. The fourth-order valence-electron chi connectivity index (χ4n) is 5.13. The summed E-state index contributed by atoms with van der Waals surface area (Å²) in [4.78, 5) is 19.5. The third-order valence-electron chi connectivity index (χ3n) is 7.13. The molecule has 1 N–H and O–H groups in total. The number of amides is 1. The van der Waals surface area contributed by atoms with Crippen molar-refractivity contribution in [2.24, 2.45) is 0 Å². The third-order valence-corrected chi connectivity index (χ3v) is 7.13. The minimum absolute atomic E-state index is 0.195. The molecule has 0 saturated carbocycles. The SMILES string of the molecule is COc1ccc(-c2ccc(C(=O)NCc3cccc(OC4C[C@H]5CC[C@@H](C4)N5C)c3)nc2)cc1. The van der Waals surface area contributed by atoms with Gasteiger partial charge in [-0.3, -0.25) is 9.78 Å². The number of fused-ring (bicyclic) bond motifs is 2. The van der Waals surface area contributed by atoms with Gasteiger partial charge in [-0.25, -0.2) is 0 Å². The Morgan fingerprint density at radius 1 is 1.00 bits per heavy atom. The van der Waals surface area contributed by atoms with Crippen molar-refractivity contribution >= 4 is 5.91 Å². The smallest absolute Gasteiger partial charge is 0.270 e. The molecule has 6 heteroatoms. The van der Waals surface area contributed by atoms with Crippen LogP contribution < -0.4 is 14.8 Å². The molecule has 1 unspecified atom stereocenters. The first-order chi connectivity index (χ1) is 16.6. The number of carbonyl (C=O) groups is 1. The monoisotopic (exact) mass is 457 g/mol. The van der Waals surface area contributed by atoms with Crippen LogP contribution in [0.1, 0.15) is 41.7 Å². The zero-order chi connectivity index (χ0) is 23.5. The maximum atomic E-state index is 12.6. The highest BCUT2D eigenvalue weighted by molar-refractivity contribution is 5.92. The second-order valence-electron chi connectivity index (χ2n) is 9.25. The molecule has 3 aromatic rings. The number of methoxy groups -OCH3 is 1. The van der Waals surface area contributed by atoms with E-state index in [4.69, 9.17) is 9.47 Å². The summed E-state index contributed by atoms with van der Waals surface area (Å²) in [5, 5.41) is 2.97. The second-order valence-corrected chi connectivity index (χ2v) is 9.25. The van der Waals surface area contributed by atoms with Crippen LogP contribution in [0.25, 0.3) is 11.1 Å². The normalized spacial score (nSPS) is 21.8. The molecule has 1 aromatic heterocycles. The Bertz CT molecular complexity index is 1120. The zero-order valence-corrected chi connectivity index (χ0v) is 19.7. The minimum Gasteiger partial charge on any atom is -0.497 e. The Balaban J connectivity index is 1.16. The molecule has 3 atom stereocenters. The highest BCUT2D eigenvalue weighted by atomic mass is 16.5. The lowest BCUT2D eigenvalue weighted by Crippen LogP contribution is -2.43. The average molecular weight is 458 g/mol. The number of piperidine rings is 1. The lowest BCUT2D eigenvalue weighted by molar-refractivity contribution is 0.0661. The quantitative estimate of drug-likeness (QED) is 0.558. The van der Waals surface area contributed by atoms with E-state index in [9.17, 15) is 4.79 Å². The minimum atomic E-state index is -0.195. The van der Waals surface area contributed by atoms with Crippen LogP contribution in [0.5, 0.6) is 11.5 Å². The third kappa shape index (κ3) is 4.92. The molecule has 1 amide bonds. The van der Waals surface area contributed by atoms with Crippen molar-refractivity contribution in [3.05, 3.63) is 78.1 Å². The van der Waals surface area contributed by atoms with Crippen LogP contribution in [0.15, 0.2) is 66.9 Å². The highest BCUT2D eigenvalue weighted by Gasteiger charge is 2.39. The van der Waals surface area contributed by atoms with Crippen molar-refractivity contribution in [2.45, 2.75) is 50.4 Å². The molecule has 2 aliphatic rings. The van der Waals surface area contributed by atoms with Gasteiger partial charge in [0.2, 0.25) is 0 Å². The number of aromatic nitrogens is 1. The van der Waals surface area contributed by atoms with E-state index in [0.29, 0.717) is 24.3 Å². The zero-order valence-electron chi connectivity index (χ0n) is 19.7. The van der Waals surface area contributed by atoms with Crippen LogP contribution in [0.4, 0.5) is 0 Å². The van der Waals surface area contributed by atoms with Crippen molar-refractivity contribution in [3.8, 4) is 22.6 Å². The van der Waals surface area contributed by atoms with Crippen molar-refractivity contribution in [1.82, 2.24) is 15.2 Å². The summed E-state index contributed by atoms with van der Waals surface area (Å²) in [6, 6.07) is 20.7. The molecule has 0 aliphatic carbocycles. The molecule has 2 saturated heterocycles. The van der Waals surface area contributed by atoms with Crippen LogP contribution in [0.3, 0.4) is 0 Å². The summed E-state index contributed by atoms with van der Waals surface area (Å²) in [6.07, 6.45) is 6.73. The predicted octanol–water partition coefficient (Wildman–Crippen LogP) is 4.69. The van der Waals surface area contributed by atoms with Gasteiger partial charge in [0.1, 0.15) is 23.3 Å². The predicted molar refractivity (Wildman–Crippen MR) is 132 cm³/mol. The first-order valence-electron chi connectivity index (χ1n) is 12.0. The molecule has 2 aliphatic heterocycles. The summed E-state index contributed by atoms with van der Waals surface area (Å²) >= 11 is 0. The van der Waals surface area contributed by atoms with E-state index < -0.39 is 0 Å². The van der Waals surface area contributed by atoms with Crippen molar-refractivity contribution in [1.29, 1.82) is 0 Å². The molecular weight excluding hydrogens is 426 g/mol. The Morgan fingerprint density at radius 2 is 1.74 bits per heavy atom. The lowest BCUT2D eigenvalue weighted by atomic mass is 10.0. The molecule has 34 heavy (non-hydrogen) atoms. The van der Waals surface area contributed by atoms with E-state index in [1.165, 1.54) is 12.8 Å². The summed E-state index contributed by atoms with van der Waals surface area (Å²) in [5.74, 6) is 1.49. The van der Waals surface area contributed by atoms with Crippen molar-refractivity contribution < 1.29 is 14.3 Å². The lowest BCUT2D eigenvalue weighted by Gasteiger charge is -2.36. The molecule has 2 bridgehead atoms. The van der Waals surface area contributed by atoms with E-state index in [0.717, 1.165) is 41.0 Å². The van der Waals surface area contributed by atoms with E-state index in [-0.39, 0.29) is 12.0 Å². The Morgan fingerprint density at radius 3 is 2.41 bits per heavy atom. The number of nitrogens with one attached hydrogen (secondary N) is 1. The highest BCUT2D eigenvalue weighted by Crippen LogP contribution is 2.36. The standard InChI is InChI=1S/C28H31N3O3/c1-31-22-9-10-23(31)16-26(15-22)34-25-5-3-4-19(14-25)17-30-28(32)27-13-8-21(18-29-27)20-6-11-24(33-2)12-7-20/h3-8,11-14,18,22-23,26H,9-10,15-17H2,1-2H3,(H,30,32)/t22-,23+,26?. The molecule has 5 rings (SSSR count). The number of nitrogens with zero attached hydrogens (tertiary/aromatic N) is 2. The van der Waals surface area contributed by atoms with Crippen LogP contribution in [-0.4, -0.2) is 48.1 Å². The first-order valence-corrected chi connectivity index (χ1v) is 12.0. The molecule has 6 nitrogen and oxygen atoms in total. The fraction of sp³-hybridized carbons (Fsp3) is 0.357. The van der Waals surface area contributed by atoms with Gasteiger partial charge in [-0.15, -0.1) is 0 Å².